The maximum atomic E-state index is 13.0. The first-order valence-electron chi connectivity index (χ1n) is 3.45. The van der Waals surface area contributed by atoms with Crippen LogP contribution in [0.1, 0.15) is 10.5 Å². The zero-order chi connectivity index (χ0) is 11.6. The molecule has 0 aliphatic carbocycles. The van der Waals surface area contributed by atoms with Crippen LogP contribution in [-0.4, -0.2) is 22.4 Å². The minimum absolute atomic E-state index is 0.579. The Kier molecular flexibility index (Phi) is 2.78. The van der Waals surface area contributed by atoms with Gasteiger partial charge in [-0.15, -0.1) is 13.2 Å². The third-order valence-electron chi connectivity index (χ3n) is 1.28. The summed E-state index contributed by atoms with van der Waals surface area (Å²) in [6.07, 6.45) is -4.38. The van der Waals surface area contributed by atoms with Gasteiger partial charge in [0.2, 0.25) is 0 Å². The number of carboxylic acid groups (broad SMARTS) is 1. The van der Waals surface area contributed by atoms with Gasteiger partial charge in [-0.3, -0.25) is 0 Å². The Morgan fingerprint density at radius 1 is 1.47 bits per heavy atom. The van der Waals surface area contributed by atoms with E-state index < -0.39 is 29.6 Å². The molecule has 0 aromatic carbocycles. The first kappa shape index (κ1) is 11.2. The molecule has 82 valence electrons. The molecule has 0 amide bonds. The van der Waals surface area contributed by atoms with Crippen LogP contribution in [0.25, 0.3) is 0 Å². The largest absolute Gasteiger partial charge is 0.573 e. The highest BCUT2D eigenvalue weighted by Gasteiger charge is 2.33. The highest BCUT2D eigenvalue weighted by atomic mass is 19.4. The van der Waals surface area contributed by atoms with Crippen molar-refractivity contribution in [3.05, 3.63) is 23.8 Å². The van der Waals surface area contributed by atoms with Gasteiger partial charge in [0.15, 0.2) is 17.3 Å². The van der Waals surface area contributed by atoms with Crippen LogP contribution in [0, 0.1) is 5.82 Å². The van der Waals surface area contributed by atoms with E-state index in [0.29, 0.717) is 12.3 Å². The lowest BCUT2D eigenvalue weighted by Crippen LogP contribution is -2.19. The first-order valence-corrected chi connectivity index (χ1v) is 3.45. The van der Waals surface area contributed by atoms with Crippen LogP contribution in [0.5, 0.6) is 5.75 Å². The fourth-order valence-corrected chi connectivity index (χ4v) is 0.779. The maximum Gasteiger partial charge on any atom is 0.573 e. The zero-order valence-electron chi connectivity index (χ0n) is 6.88. The predicted octanol–water partition coefficient (Wildman–Crippen LogP) is 1.82. The number of halogens is 4. The van der Waals surface area contributed by atoms with Gasteiger partial charge >= 0.3 is 12.3 Å². The highest BCUT2D eigenvalue weighted by molar-refractivity contribution is 5.86. The van der Waals surface area contributed by atoms with Crippen LogP contribution in [0.4, 0.5) is 17.6 Å². The third kappa shape index (κ3) is 2.79. The van der Waals surface area contributed by atoms with E-state index in [0.717, 1.165) is 0 Å². The number of carboxylic acids is 1. The molecule has 0 saturated heterocycles. The number of alkyl halides is 3. The van der Waals surface area contributed by atoms with Gasteiger partial charge in [-0.05, 0) is 0 Å². The van der Waals surface area contributed by atoms with Crippen LogP contribution >= 0.6 is 0 Å². The first-order chi connectivity index (χ1) is 6.81. The van der Waals surface area contributed by atoms with E-state index in [2.05, 4.69) is 9.72 Å². The summed E-state index contributed by atoms with van der Waals surface area (Å²) < 4.78 is 51.3. The Hall–Kier alpha value is -1.86. The normalized spacial score (nSPS) is 11.2. The van der Waals surface area contributed by atoms with E-state index in [1.807, 2.05) is 0 Å². The number of hydrogen-bond donors (Lipinski definition) is 1. The number of aromatic nitrogens is 1. The van der Waals surface area contributed by atoms with Gasteiger partial charge in [0.1, 0.15) is 0 Å². The van der Waals surface area contributed by atoms with Crippen molar-refractivity contribution >= 4 is 5.97 Å². The Bertz CT molecular complexity index is 390. The van der Waals surface area contributed by atoms with Crippen LogP contribution in [0.3, 0.4) is 0 Å². The number of aromatic carboxylic acids is 1. The van der Waals surface area contributed by atoms with Crippen LogP contribution in [0.2, 0.25) is 0 Å². The predicted molar refractivity (Wildman–Crippen MR) is 37.8 cm³/mol. The number of pyridine rings is 1. The molecule has 15 heavy (non-hydrogen) atoms. The second-order valence-corrected chi connectivity index (χ2v) is 2.32. The molecule has 0 spiro atoms. The molecule has 0 bridgehead atoms. The lowest BCUT2D eigenvalue weighted by atomic mass is 10.3. The monoisotopic (exact) mass is 225 g/mol. The second kappa shape index (κ2) is 3.71. The van der Waals surface area contributed by atoms with Crippen LogP contribution in [-0.2, 0) is 0 Å². The molecular formula is C7H3F4NO3. The quantitative estimate of drug-likeness (QED) is 0.780. The lowest BCUT2D eigenvalue weighted by Gasteiger charge is -2.09. The third-order valence-corrected chi connectivity index (χ3v) is 1.28. The summed E-state index contributed by atoms with van der Waals surface area (Å²) in [7, 11) is 0. The summed E-state index contributed by atoms with van der Waals surface area (Å²) in [5.74, 6) is -4.67. The fraction of sp³-hybridized carbons (Fsp3) is 0.143. The van der Waals surface area contributed by atoms with Crippen molar-refractivity contribution in [2.75, 3.05) is 0 Å². The summed E-state index contributed by atoms with van der Waals surface area (Å²) in [5, 5.41) is 8.35. The molecule has 0 radical (unpaired) electrons. The Morgan fingerprint density at radius 3 is 2.53 bits per heavy atom. The van der Waals surface area contributed by atoms with Crippen molar-refractivity contribution in [2.24, 2.45) is 0 Å². The number of ether oxygens (including phenoxy) is 1. The highest BCUT2D eigenvalue weighted by Crippen LogP contribution is 2.26. The van der Waals surface area contributed by atoms with Gasteiger partial charge in [0.25, 0.3) is 0 Å². The molecule has 0 aliphatic rings. The molecule has 4 nitrogen and oxygen atoms in total. The van der Waals surface area contributed by atoms with E-state index in [9.17, 15) is 22.4 Å². The molecular weight excluding hydrogens is 222 g/mol. The fourth-order valence-electron chi connectivity index (χ4n) is 0.779. The van der Waals surface area contributed by atoms with Crippen LogP contribution < -0.4 is 4.74 Å². The van der Waals surface area contributed by atoms with E-state index in [1.54, 1.807) is 0 Å². The molecule has 0 saturated carbocycles. The van der Waals surface area contributed by atoms with Crippen molar-refractivity contribution in [3.63, 3.8) is 0 Å². The molecule has 1 rings (SSSR count). The van der Waals surface area contributed by atoms with Gasteiger partial charge in [-0.25, -0.2) is 14.2 Å². The Balaban J connectivity index is 3.10. The van der Waals surface area contributed by atoms with Crippen molar-refractivity contribution in [2.45, 2.75) is 6.36 Å². The number of rotatable bonds is 2. The minimum atomic E-state index is -5.09. The lowest BCUT2D eigenvalue weighted by molar-refractivity contribution is -0.275. The molecule has 8 heteroatoms. The van der Waals surface area contributed by atoms with E-state index in [1.165, 1.54) is 0 Å². The Labute approximate surface area is 80.1 Å². The van der Waals surface area contributed by atoms with Crippen molar-refractivity contribution < 1.29 is 32.2 Å². The molecule has 0 unspecified atom stereocenters. The average Bonchev–Trinajstić information content (AvgIpc) is 2.05. The molecule has 0 atom stereocenters. The molecule has 0 fully saturated rings. The van der Waals surface area contributed by atoms with Gasteiger partial charge in [-0.2, -0.15) is 0 Å². The SMILES string of the molecule is O=C(O)c1nccc(OC(F)(F)F)c1F. The summed E-state index contributed by atoms with van der Waals surface area (Å²) in [4.78, 5) is 13.3. The molecule has 1 aromatic heterocycles. The average molecular weight is 225 g/mol. The van der Waals surface area contributed by atoms with Crippen molar-refractivity contribution in [1.29, 1.82) is 0 Å². The number of hydrogen-bond acceptors (Lipinski definition) is 3. The summed E-state index contributed by atoms with van der Waals surface area (Å²) in [5.41, 5.74) is -1.13. The van der Waals surface area contributed by atoms with Crippen molar-refractivity contribution in [1.82, 2.24) is 4.98 Å². The van der Waals surface area contributed by atoms with Gasteiger partial charge in [0.05, 0.1) is 0 Å². The van der Waals surface area contributed by atoms with Crippen LogP contribution in [0.15, 0.2) is 12.3 Å². The topological polar surface area (TPSA) is 59.4 Å². The summed E-state index contributed by atoms with van der Waals surface area (Å²) in [6.45, 7) is 0. The van der Waals surface area contributed by atoms with E-state index in [-0.39, 0.29) is 0 Å². The maximum absolute atomic E-state index is 13.0. The van der Waals surface area contributed by atoms with Gasteiger partial charge in [0, 0.05) is 12.3 Å². The number of nitrogens with zero attached hydrogens (tertiary/aromatic N) is 1. The smallest absolute Gasteiger partial charge is 0.476 e. The summed E-state index contributed by atoms with van der Waals surface area (Å²) in [6, 6.07) is 0.579. The zero-order valence-corrected chi connectivity index (χ0v) is 6.88. The molecule has 1 N–H and O–H groups in total. The molecule has 0 aliphatic heterocycles. The standard InChI is InChI=1S/C7H3F4NO3/c8-4-3(15-7(9,10)11)1-2-12-5(4)6(13)14/h1-2H,(H,13,14). The molecule has 1 aromatic rings. The number of carbonyl (C=O) groups is 1. The minimum Gasteiger partial charge on any atom is -0.476 e. The van der Waals surface area contributed by atoms with E-state index >= 15 is 0 Å². The van der Waals surface area contributed by atoms with E-state index in [4.69, 9.17) is 5.11 Å². The van der Waals surface area contributed by atoms with Gasteiger partial charge in [-0.1, -0.05) is 0 Å². The van der Waals surface area contributed by atoms with Crippen molar-refractivity contribution in [3.8, 4) is 5.75 Å². The molecule has 1 heterocycles. The second-order valence-electron chi connectivity index (χ2n) is 2.32. The van der Waals surface area contributed by atoms with Gasteiger partial charge < -0.3 is 9.84 Å². The summed E-state index contributed by atoms with van der Waals surface area (Å²) >= 11 is 0. The Morgan fingerprint density at radius 2 is 2.07 bits per heavy atom.